The van der Waals surface area contributed by atoms with Crippen LogP contribution >= 0.6 is 0 Å². The van der Waals surface area contributed by atoms with Crippen LogP contribution in [0.15, 0.2) is 30.3 Å². The third kappa shape index (κ3) is 6.53. The van der Waals surface area contributed by atoms with Crippen molar-refractivity contribution in [2.24, 2.45) is 0 Å². The fraction of sp³-hybridized carbons (Fsp3) is 0.357. The molecule has 1 amide bonds. The largest absolute Gasteiger partial charge is 0.479 e. The van der Waals surface area contributed by atoms with Gasteiger partial charge in [-0.15, -0.1) is 0 Å². The lowest BCUT2D eigenvalue weighted by Crippen LogP contribution is -2.32. The third-order valence-electron chi connectivity index (χ3n) is 2.55. The molecule has 0 aliphatic carbocycles. The Hall–Kier alpha value is -2.41. The van der Waals surface area contributed by atoms with Gasteiger partial charge in [-0.1, -0.05) is 30.3 Å². The Morgan fingerprint density at radius 2 is 2.00 bits per heavy atom. The Morgan fingerprint density at radius 3 is 2.52 bits per heavy atom. The van der Waals surface area contributed by atoms with Gasteiger partial charge in [0.1, 0.15) is 6.61 Å². The maximum absolute atomic E-state index is 10.9. The zero-order valence-electron chi connectivity index (χ0n) is 11.6. The van der Waals surface area contributed by atoms with Gasteiger partial charge in [0, 0.05) is 13.3 Å². The summed E-state index contributed by atoms with van der Waals surface area (Å²) in [5.74, 6) is -1.95. The van der Waals surface area contributed by atoms with E-state index in [9.17, 15) is 14.4 Å². The standard InChI is InChI=1S/C14H17NO6/c1-11(17)21-13(14(18)19)7-8-15(10-16)20-9-12-5-3-2-4-6-12/h2-6,10,13H,7-9H2,1H3,(H,18,19)/t13-/m0/s1. The molecule has 7 heteroatoms. The number of ether oxygens (including phenoxy) is 1. The van der Waals surface area contributed by atoms with Gasteiger partial charge in [-0.25, -0.2) is 9.86 Å². The molecular weight excluding hydrogens is 278 g/mol. The van der Waals surface area contributed by atoms with Crippen LogP contribution in [0.5, 0.6) is 0 Å². The molecule has 1 N–H and O–H groups in total. The van der Waals surface area contributed by atoms with Crippen LogP contribution in [0.25, 0.3) is 0 Å². The van der Waals surface area contributed by atoms with Crippen molar-refractivity contribution in [3.05, 3.63) is 35.9 Å². The number of aliphatic carboxylic acids is 1. The lowest BCUT2D eigenvalue weighted by atomic mass is 10.2. The SMILES string of the molecule is CC(=O)O[C@@H](CCN(C=O)OCc1ccccc1)C(=O)O. The summed E-state index contributed by atoms with van der Waals surface area (Å²) in [6.07, 6.45) is -0.900. The van der Waals surface area contributed by atoms with Crippen molar-refractivity contribution in [2.75, 3.05) is 6.54 Å². The molecule has 0 heterocycles. The van der Waals surface area contributed by atoms with Gasteiger partial charge < -0.3 is 9.84 Å². The van der Waals surface area contributed by atoms with Gasteiger partial charge in [-0.3, -0.25) is 14.4 Å². The number of esters is 1. The Kier molecular flexibility index (Phi) is 6.90. The number of hydrogen-bond acceptors (Lipinski definition) is 5. The minimum absolute atomic E-state index is 0.000576. The van der Waals surface area contributed by atoms with E-state index in [4.69, 9.17) is 9.94 Å². The summed E-state index contributed by atoms with van der Waals surface area (Å²) in [4.78, 5) is 37.8. The lowest BCUT2D eigenvalue weighted by Gasteiger charge is -2.19. The molecule has 0 aliphatic rings. The topological polar surface area (TPSA) is 93.1 Å². The Morgan fingerprint density at radius 1 is 1.33 bits per heavy atom. The van der Waals surface area contributed by atoms with Crippen LogP contribution < -0.4 is 0 Å². The number of benzene rings is 1. The van der Waals surface area contributed by atoms with Gasteiger partial charge in [0.05, 0.1) is 6.54 Å². The van der Waals surface area contributed by atoms with Gasteiger partial charge in [0.15, 0.2) is 6.10 Å². The second-order valence-corrected chi connectivity index (χ2v) is 4.23. The van der Waals surface area contributed by atoms with Crippen molar-refractivity contribution < 1.29 is 29.1 Å². The molecule has 1 atom stereocenters. The quantitative estimate of drug-likeness (QED) is 0.415. The summed E-state index contributed by atoms with van der Waals surface area (Å²) in [6.45, 7) is 1.31. The first-order valence-corrected chi connectivity index (χ1v) is 6.31. The van der Waals surface area contributed by atoms with Crippen molar-refractivity contribution in [1.82, 2.24) is 5.06 Å². The summed E-state index contributed by atoms with van der Waals surface area (Å²) in [5, 5.41) is 9.87. The predicted octanol–water partition coefficient (Wildman–Crippen LogP) is 0.983. The number of carboxylic acid groups (broad SMARTS) is 1. The summed E-state index contributed by atoms with van der Waals surface area (Å²) in [6, 6.07) is 9.21. The first-order valence-electron chi connectivity index (χ1n) is 6.31. The van der Waals surface area contributed by atoms with Crippen LogP contribution in [0.2, 0.25) is 0 Å². The van der Waals surface area contributed by atoms with Crippen LogP contribution in [0.4, 0.5) is 0 Å². The molecule has 7 nitrogen and oxygen atoms in total. The van der Waals surface area contributed by atoms with E-state index >= 15 is 0 Å². The molecule has 1 aromatic rings. The summed E-state index contributed by atoms with van der Waals surface area (Å²) >= 11 is 0. The normalized spacial score (nSPS) is 11.5. The van der Waals surface area contributed by atoms with E-state index in [1.807, 2.05) is 30.3 Å². The second-order valence-electron chi connectivity index (χ2n) is 4.23. The molecule has 1 rings (SSSR count). The maximum Gasteiger partial charge on any atom is 0.345 e. The highest BCUT2D eigenvalue weighted by atomic mass is 16.7. The summed E-state index contributed by atoms with van der Waals surface area (Å²) in [7, 11) is 0. The number of carboxylic acids is 1. The van der Waals surface area contributed by atoms with Gasteiger partial charge in [-0.2, -0.15) is 0 Å². The highest BCUT2D eigenvalue weighted by Gasteiger charge is 2.21. The molecule has 21 heavy (non-hydrogen) atoms. The van der Waals surface area contributed by atoms with E-state index in [1.165, 1.54) is 0 Å². The number of hydrogen-bond donors (Lipinski definition) is 1. The molecule has 114 valence electrons. The smallest absolute Gasteiger partial charge is 0.345 e. The zero-order valence-corrected chi connectivity index (χ0v) is 11.6. The monoisotopic (exact) mass is 295 g/mol. The van der Waals surface area contributed by atoms with Crippen molar-refractivity contribution in [1.29, 1.82) is 0 Å². The fourth-order valence-electron chi connectivity index (χ4n) is 1.56. The van der Waals surface area contributed by atoms with E-state index < -0.39 is 18.0 Å². The van der Waals surface area contributed by atoms with Gasteiger partial charge in [0.25, 0.3) is 0 Å². The molecule has 0 saturated carbocycles. The first-order chi connectivity index (χ1) is 10.0. The van der Waals surface area contributed by atoms with E-state index in [0.29, 0.717) is 6.41 Å². The number of rotatable bonds is 9. The number of carbonyl (C=O) groups is 3. The molecule has 1 aromatic carbocycles. The second kappa shape index (κ2) is 8.70. The van der Waals surface area contributed by atoms with E-state index in [1.54, 1.807) is 0 Å². The minimum atomic E-state index is -1.30. The lowest BCUT2D eigenvalue weighted by molar-refractivity contribution is -0.182. The summed E-state index contributed by atoms with van der Waals surface area (Å²) < 4.78 is 4.63. The highest BCUT2D eigenvalue weighted by molar-refractivity contribution is 5.76. The molecule has 0 saturated heterocycles. The molecule has 0 spiro atoms. The molecular formula is C14H17NO6. The van der Waals surface area contributed by atoms with Gasteiger partial charge in [0.2, 0.25) is 6.41 Å². The zero-order chi connectivity index (χ0) is 15.7. The molecule has 0 fully saturated rings. The van der Waals surface area contributed by atoms with Crippen molar-refractivity contribution >= 4 is 18.3 Å². The molecule has 0 aromatic heterocycles. The fourth-order valence-corrected chi connectivity index (χ4v) is 1.56. The predicted molar refractivity (Wildman–Crippen MR) is 71.8 cm³/mol. The number of amides is 1. The van der Waals surface area contributed by atoms with Crippen molar-refractivity contribution in [2.45, 2.75) is 26.1 Å². The maximum atomic E-state index is 10.9. The number of nitrogens with zero attached hydrogens (tertiary/aromatic N) is 1. The molecule has 0 radical (unpaired) electrons. The third-order valence-corrected chi connectivity index (χ3v) is 2.55. The highest BCUT2D eigenvalue weighted by Crippen LogP contribution is 2.05. The Labute approximate surface area is 122 Å². The van der Waals surface area contributed by atoms with Gasteiger partial charge >= 0.3 is 11.9 Å². The van der Waals surface area contributed by atoms with E-state index in [2.05, 4.69) is 4.74 Å². The Balaban J connectivity index is 2.44. The molecule has 0 unspecified atom stereocenters. The average molecular weight is 295 g/mol. The van der Waals surface area contributed by atoms with Crippen LogP contribution in [0, 0.1) is 0 Å². The number of carbonyl (C=O) groups excluding carboxylic acids is 2. The number of hydroxylamine groups is 2. The van der Waals surface area contributed by atoms with Crippen LogP contribution in [-0.4, -0.2) is 41.2 Å². The van der Waals surface area contributed by atoms with Crippen LogP contribution in [0.1, 0.15) is 18.9 Å². The van der Waals surface area contributed by atoms with Crippen molar-refractivity contribution in [3.63, 3.8) is 0 Å². The van der Waals surface area contributed by atoms with Gasteiger partial charge in [-0.05, 0) is 5.56 Å². The van der Waals surface area contributed by atoms with Crippen LogP contribution in [-0.2, 0) is 30.6 Å². The molecule has 0 aliphatic heterocycles. The summed E-state index contributed by atoms with van der Waals surface area (Å²) in [5.41, 5.74) is 0.874. The average Bonchev–Trinajstić information content (AvgIpc) is 2.46. The van der Waals surface area contributed by atoms with E-state index in [-0.39, 0.29) is 19.6 Å². The van der Waals surface area contributed by atoms with Crippen LogP contribution in [0.3, 0.4) is 0 Å². The Bertz CT molecular complexity index is 476. The first kappa shape index (κ1) is 16.6. The van der Waals surface area contributed by atoms with E-state index in [0.717, 1.165) is 17.6 Å². The molecule has 0 bridgehead atoms. The minimum Gasteiger partial charge on any atom is -0.479 e. The van der Waals surface area contributed by atoms with Crippen molar-refractivity contribution in [3.8, 4) is 0 Å².